The van der Waals surface area contributed by atoms with Crippen molar-refractivity contribution < 1.29 is 0 Å². The van der Waals surface area contributed by atoms with E-state index in [4.69, 9.17) is 4.99 Å². The van der Waals surface area contributed by atoms with Crippen LogP contribution in [0.15, 0.2) is 35.5 Å². The largest absolute Gasteiger partial charge is 0.361 e. The van der Waals surface area contributed by atoms with Gasteiger partial charge in [0.1, 0.15) is 0 Å². The van der Waals surface area contributed by atoms with Gasteiger partial charge in [-0.3, -0.25) is 4.99 Å². The van der Waals surface area contributed by atoms with Gasteiger partial charge < -0.3 is 4.98 Å². The fourth-order valence-corrected chi connectivity index (χ4v) is 2.61. The number of aliphatic imine (C=N–C) groups is 1. The van der Waals surface area contributed by atoms with Gasteiger partial charge in [0, 0.05) is 29.4 Å². The number of nitrogens with one attached hydrogen (secondary N) is 1. The fraction of sp³-hybridized carbons (Fsp3) is 0.400. The minimum absolute atomic E-state index is 0.942. The van der Waals surface area contributed by atoms with Gasteiger partial charge in [0.15, 0.2) is 0 Å². The normalized spacial score (nSPS) is 15.6. The average Bonchev–Trinajstić information content (AvgIpc) is 2.99. The molecule has 0 saturated heterocycles. The summed E-state index contributed by atoms with van der Waals surface area (Å²) in [5, 5.41) is 1.35. The van der Waals surface area contributed by atoms with Crippen LogP contribution >= 0.6 is 0 Å². The van der Waals surface area contributed by atoms with E-state index in [1.165, 1.54) is 47.9 Å². The summed E-state index contributed by atoms with van der Waals surface area (Å²) in [5.74, 6) is 0. The highest BCUT2D eigenvalue weighted by Gasteiger charge is 2.07. The summed E-state index contributed by atoms with van der Waals surface area (Å²) in [6, 6.07) is 8.48. The summed E-state index contributed by atoms with van der Waals surface area (Å²) in [7, 11) is 0. The maximum Gasteiger partial charge on any atom is 0.0456 e. The molecule has 1 aromatic heterocycles. The maximum atomic E-state index is 4.71. The molecule has 2 heteroatoms. The van der Waals surface area contributed by atoms with Crippen LogP contribution < -0.4 is 0 Å². The summed E-state index contributed by atoms with van der Waals surface area (Å²) in [6.07, 6.45) is 8.31. The molecule has 1 aliphatic rings. The predicted octanol–water partition coefficient (Wildman–Crippen LogP) is 3.73. The molecule has 88 valence electrons. The van der Waals surface area contributed by atoms with Crippen molar-refractivity contribution in [3.8, 4) is 0 Å². The third kappa shape index (κ3) is 2.26. The van der Waals surface area contributed by atoms with E-state index in [9.17, 15) is 0 Å². The fourth-order valence-electron chi connectivity index (χ4n) is 2.61. The zero-order chi connectivity index (χ0) is 11.5. The van der Waals surface area contributed by atoms with Crippen LogP contribution in [0.1, 0.15) is 31.2 Å². The summed E-state index contributed by atoms with van der Waals surface area (Å²) in [5.41, 5.74) is 4.06. The number of rotatable bonds is 3. The molecule has 0 radical (unpaired) electrons. The van der Waals surface area contributed by atoms with Gasteiger partial charge in [0.05, 0.1) is 0 Å². The van der Waals surface area contributed by atoms with Crippen molar-refractivity contribution >= 4 is 16.6 Å². The number of nitrogens with zero attached hydrogens (tertiary/aromatic N) is 1. The third-order valence-corrected chi connectivity index (χ3v) is 3.57. The van der Waals surface area contributed by atoms with Crippen LogP contribution in [0, 0.1) is 0 Å². The Morgan fingerprint density at radius 1 is 1.12 bits per heavy atom. The number of benzene rings is 1. The second-order valence-corrected chi connectivity index (χ2v) is 4.76. The standard InChI is InChI=1S/C15H18N2/c1-2-6-13(5-1)16-10-9-12-11-17-15-8-4-3-7-14(12)15/h3-4,7-8,11,17H,1-2,5-6,9-10H2. The summed E-state index contributed by atoms with van der Waals surface area (Å²) in [4.78, 5) is 8.03. The molecule has 3 rings (SSSR count). The lowest BCUT2D eigenvalue weighted by molar-refractivity contribution is 0.886. The maximum absolute atomic E-state index is 4.71. The Bertz CT molecular complexity index is 529. The second-order valence-electron chi connectivity index (χ2n) is 4.76. The smallest absolute Gasteiger partial charge is 0.0456 e. The van der Waals surface area contributed by atoms with Gasteiger partial charge in [0.25, 0.3) is 0 Å². The number of fused-ring (bicyclic) bond motifs is 1. The molecule has 2 nitrogen and oxygen atoms in total. The van der Waals surface area contributed by atoms with Gasteiger partial charge >= 0.3 is 0 Å². The molecule has 1 heterocycles. The van der Waals surface area contributed by atoms with Gasteiger partial charge in [-0.25, -0.2) is 0 Å². The zero-order valence-electron chi connectivity index (χ0n) is 10.1. The first-order valence-electron chi connectivity index (χ1n) is 6.51. The van der Waals surface area contributed by atoms with Gasteiger partial charge in [-0.1, -0.05) is 18.2 Å². The predicted molar refractivity (Wildman–Crippen MR) is 72.8 cm³/mol. The molecule has 1 N–H and O–H groups in total. The molecule has 0 amide bonds. The van der Waals surface area contributed by atoms with Gasteiger partial charge in [0.2, 0.25) is 0 Å². The molecule has 0 aliphatic heterocycles. The van der Waals surface area contributed by atoms with E-state index in [-0.39, 0.29) is 0 Å². The van der Waals surface area contributed by atoms with E-state index in [1.807, 2.05) is 0 Å². The molecule has 0 atom stereocenters. The molecule has 1 aromatic carbocycles. The molecule has 0 spiro atoms. The second kappa shape index (κ2) is 4.74. The Morgan fingerprint density at radius 2 is 1.94 bits per heavy atom. The number of hydrogen-bond donors (Lipinski definition) is 1. The number of hydrogen-bond acceptors (Lipinski definition) is 1. The van der Waals surface area contributed by atoms with E-state index in [0.717, 1.165) is 13.0 Å². The number of para-hydroxylation sites is 1. The Morgan fingerprint density at radius 3 is 2.82 bits per heavy atom. The van der Waals surface area contributed by atoms with Crippen LogP contribution in [0.3, 0.4) is 0 Å². The molecule has 0 bridgehead atoms. The van der Waals surface area contributed by atoms with Crippen molar-refractivity contribution in [2.24, 2.45) is 4.99 Å². The number of aromatic nitrogens is 1. The topological polar surface area (TPSA) is 28.1 Å². The SMILES string of the molecule is c1ccc2c(CCN=C3CCCC3)c[nH]c2c1. The van der Waals surface area contributed by atoms with Crippen LogP contribution in [-0.2, 0) is 6.42 Å². The van der Waals surface area contributed by atoms with E-state index in [1.54, 1.807) is 0 Å². The van der Waals surface area contributed by atoms with Crippen LogP contribution in [0.25, 0.3) is 10.9 Å². The highest BCUT2D eigenvalue weighted by Crippen LogP contribution is 2.19. The monoisotopic (exact) mass is 226 g/mol. The van der Waals surface area contributed by atoms with Gasteiger partial charge in [-0.2, -0.15) is 0 Å². The van der Waals surface area contributed by atoms with E-state index < -0.39 is 0 Å². The third-order valence-electron chi connectivity index (χ3n) is 3.57. The van der Waals surface area contributed by atoms with Crippen molar-refractivity contribution in [2.45, 2.75) is 32.1 Å². The van der Waals surface area contributed by atoms with Crippen molar-refractivity contribution in [1.82, 2.24) is 4.98 Å². The van der Waals surface area contributed by atoms with Crippen LogP contribution in [0.2, 0.25) is 0 Å². The first kappa shape index (κ1) is 10.6. The molecule has 0 unspecified atom stereocenters. The Kier molecular flexibility index (Phi) is 2.95. The van der Waals surface area contributed by atoms with Gasteiger partial charge in [-0.15, -0.1) is 0 Å². The zero-order valence-corrected chi connectivity index (χ0v) is 10.1. The van der Waals surface area contributed by atoms with Crippen molar-refractivity contribution in [3.63, 3.8) is 0 Å². The van der Waals surface area contributed by atoms with Crippen molar-refractivity contribution in [2.75, 3.05) is 6.54 Å². The molecule has 2 aromatic rings. The van der Waals surface area contributed by atoms with E-state index >= 15 is 0 Å². The summed E-state index contributed by atoms with van der Waals surface area (Å²) >= 11 is 0. The first-order chi connectivity index (χ1) is 8.43. The lowest BCUT2D eigenvalue weighted by Crippen LogP contribution is -1.94. The first-order valence-corrected chi connectivity index (χ1v) is 6.51. The minimum Gasteiger partial charge on any atom is -0.361 e. The van der Waals surface area contributed by atoms with Crippen LogP contribution in [-0.4, -0.2) is 17.2 Å². The van der Waals surface area contributed by atoms with Crippen LogP contribution in [0.4, 0.5) is 0 Å². The summed E-state index contributed by atoms with van der Waals surface area (Å²) < 4.78 is 0. The molecular weight excluding hydrogens is 208 g/mol. The number of H-pyrrole nitrogens is 1. The number of aromatic amines is 1. The van der Waals surface area contributed by atoms with E-state index in [0.29, 0.717) is 0 Å². The van der Waals surface area contributed by atoms with E-state index in [2.05, 4.69) is 35.4 Å². The highest BCUT2D eigenvalue weighted by molar-refractivity contribution is 5.86. The van der Waals surface area contributed by atoms with Crippen molar-refractivity contribution in [1.29, 1.82) is 0 Å². The van der Waals surface area contributed by atoms with Crippen LogP contribution in [0.5, 0.6) is 0 Å². The lowest BCUT2D eigenvalue weighted by atomic mass is 10.1. The molecular formula is C15H18N2. The quantitative estimate of drug-likeness (QED) is 0.826. The molecule has 1 fully saturated rings. The molecule has 1 saturated carbocycles. The highest BCUT2D eigenvalue weighted by atomic mass is 14.7. The molecule has 1 aliphatic carbocycles. The minimum atomic E-state index is 0.942. The average molecular weight is 226 g/mol. The van der Waals surface area contributed by atoms with Crippen molar-refractivity contribution in [3.05, 3.63) is 36.0 Å². The Labute approximate surface area is 102 Å². The summed E-state index contributed by atoms with van der Waals surface area (Å²) in [6.45, 7) is 0.942. The Hall–Kier alpha value is -1.57. The van der Waals surface area contributed by atoms with Gasteiger partial charge in [-0.05, 0) is 43.7 Å². The lowest BCUT2D eigenvalue weighted by Gasteiger charge is -1.98. The molecule has 17 heavy (non-hydrogen) atoms. The Balaban J connectivity index is 1.70.